The number of aromatic amines is 1. The van der Waals surface area contributed by atoms with Gasteiger partial charge in [-0.2, -0.15) is 5.10 Å². The number of nitrogens with zero attached hydrogens (tertiary/aromatic N) is 5. The van der Waals surface area contributed by atoms with Gasteiger partial charge in [0.25, 0.3) is 5.91 Å². The number of H-pyrrole nitrogens is 1. The van der Waals surface area contributed by atoms with Crippen LogP contribution < -0.4 is 11.1 Å². The van der Waals surface area contributed by atoms with Crippen molar-refractivity contribution in [3.63, 3.8) is 0 Å². The Kier molecular flexibility index (Phi) is 3.62. The zero-order valence-corrected chi connectivity index (χ0v) is 15.5. The van der Waals surface area contributed by atoms with Gasteiger partial charge in [-0.05, 0) is 39.0 Å². The number of carbonyl (C=O) groups excluding carboxylic acids is 1. The number of pyridine rings is 1. The van der Waals surface area contributed by atoms with Crippen LogP contribution in [0.2, 0.25) is 0 Å². The molecule has 9 nitrogen and oxygen atoms in total. The molecule has 4 aromatic rings. The molecule has 0 fully saturated rings. The zero-order chi connectivity index (χ0) is 19.3. The Balaban J connectivity index is 1.96. The first-order valence-corrected chi connectivity index (χ1v) is 8.51. The van der Waals surface area contributed by atoms with Crippen molar-refractivity contribution in [2.24, 2.45) is 0 Å². The van der Waals surface area contributed by atoms with Gasteiger partial charge in [0.2, 0.25) is 0 Å². The van der Waals surface area contributed by atoms with Crippen molar-refractivity contribution < 1.29 is 4.79 Å². The predicted molar refractivity (Wildman–Crippen MR) is 103 cm³/mol. The number of carbonyl (C=O) groups is 1. The third-order valence-corrected chi connectivity index (χ3v) is 4.32. The van der Waals surface area contributed by atoms with Crippen molar-refractivity contribution in [2.45, 2.75) is 26.3 Å². The van der Waals surface area contributed by atoms with Crippen LogP contribution in [0.1, 0.15) is 31.3 Å². The molecule has 0 aromatic carbocycles. The quantitative estimate of drug-likeness (QED) is 0.499. The van der Waals surface area contributed by atoms with Crippen molar-refractivity contribution in [3.8, 4) is 11.4 Å². The number of hydrogen-bond acceptors (Lipinski definition) is 6. The first-order chi connectivity index (χ1) is 12.8. The molecule has 0 bridgehead atoms. The fourth-order valence-electron chi connectivity index (χ4n) is 3.02. The summed E-state index contributed by atoms with van der Waals surface area (Å²) >= 11 is 0. The molecule has 4 rings (SSSR count). The summed E-state index contributed by atoms with van der Waals surface area (Å²) in [6.45, 7) is 6.14. The third kappa shape index (κ3) is 2.67. The van der Waals surface area contributed by atoms with E-state index in [-0.39, 0.29) is 11.4 Å². The van der Waals surface area contributed by atoms with Crippen molar-refractivity contribution in [1.82, 2.24) is 35.0 Å². The van der Waals surface area contributed by atoms with Gasteiger partial charge in [0.15, 0.2) is 5.65 Å². The first-order valence-electron chi connectivity index (χ1n) is 8.51. The Hall–Kier alpha value is -3.49. The van der Waals surface area contributed by atoms with E-state index in [0.29, 0.717) is 33.9 Å². The average molecular weight is 364 g/mol. The molecule has 0 radical (unpaired) electrons. The number of nitrogens with two attached hydrogens (primary N) is 1. The molecule has 4 aromatic heterocycles. The molecule has 138 valence electrons. The Bertz CT molecular complexity index is 1180. The van der Waals surface area contributed by atoms with Crippen LogP contribution in [-0.4, -0.2) is 42.7 Å². The lowest BCUT2D eigenvalue weighted by atomic mass is 10.1. The van der Waals surface area contributed by atoms with Crippen molar-refractivity contribution >= 4 is 33.8 Å². The summed E-state index contributed by atoms with van der Waals surface area (Å²) in [5, 5.41) is 8.88. The number of rotatable bonds is 2. The number of aromatic nitrogens is 6. The molecule has 0 aliphatic carbocycles. The van der Waals surface area contributed by atoms with Gasteiger partial charge in [-0.15, -0.1) is 0 Å². The van der Waals surface area contributed by atoms with E-state index in [2.05, 4.69) is 25.3 Å². The number of anilines is 1. The Labute approximate surface area is 155 Å². The zero-order valence-electron chi connectivity index (χ0n) is 15.5. The Morgan fingerprint density at radius 3 is 2.74 bits per heavy atom. The number of nitrogen functional groups attached to an aromatic ring is 1. The second kappa shape index (κ2) is 5.76. The summed E-state index contributed by atoms with van der Waals surface area (Å²) in [7, 11) is 1.57. The second-order valence-electron chi connectivity index (χ2n) is 7.29. The molecule has 0 atom stereocenters. The molecular weight excluding hydrogens is 344 g/mol. The van der Waals surface area contributed by atoms with E-state index in [1.165, 1.54) is 6.33 Å². The van der Waals surface area contributed by atoms with Crippen LogP contribution in [0.5, 0.6) is 0 Å². The first kappa shape index (κ1) is 17.0. The highest BCUT2D eigenvalue weighted by atomic mass is 16.1. The molecule has 1 amide bonds. The summed E-state index contributed by atoms with van der Waals surface area (Å²) in [5.41, 5.74) is 8.85. The summed E-state index contributed by atoms with van der Waals surface area (Å²) in [4.78, 5) is 28.0. The number of nitrogens with one attached hydrogen (secondary N) is 2. The van der Waals surface area contributed by atoms with Crippen LogP contribution in [0, 0.1) is 0 Å². The van der Waals surface area contributed by atoms with Crippen molar-refractivity contribution in [3.05, 3.63) is 30.2 Å². The van der Waals surface area contributed by atoms with Crippen LogP contribution in [0.25, 0.3) is 33.5 Å². The van der Waals surface area contributed by atoms with E-state index < -0.39 is 0 Å². The summed E-state index contributed by atoms with van der Waals surface area (Å²) in [6, 6.07) is 5.45. The maximum Gasteiger partial charge on any atom is 0.269 e. The fourth-order valence-corrected chi connectivity index (χ4v) is 3.02. The minimum absolute atomic E-state index is 0.242. The number of hydrogen-bond donors (Lipinski definition) is 3. The van der Waals surface area contributed by atoms with E-state index in [4.69, 9.17) is 10.8 Å². The van der Waals surface area contributed by atoms with Gasteiger partial charge in [-0.1, -0.05) is 0 Å². The summed E-state index contributed by atoms with van der Waals surface area (Å²) in [6.07, 6.45) is 1.44. The largest absolute Gasteiger partial charge is 0.383 e. The highest BCUT2D eigenvalue weighted by Crippen LogP contribution is 2.33. The topological polar surface area (TPSA) is 127 Å². The highest BCUT2D eigenvalue weighted by molar-refractivity contribution is 6.00. The number of amides is 1. The molecule has 0 saturated carbocycles. The fraction of sp³-hybridized carbons (Fsp3) is 0.278. The molecule has 0 saturated heterocycles. The molecule has 9 heteroatoms. The van der Waals surface area contributed by atoms with Gasteiger partial charge < -0.3 is 16.0 Å². The van der Waals surface area contributed by atoms with Crippen LogP contribution in [-0.2, 0) is 5.54 Å². The van der Waals surface area contributed by atoms with E-state index >= 15 is 0 Å². The lowest BCUT2D eigenvalue weighted by Crippen LogP contribution is -2.23. The smallest absolute Gasteiger partial charge is 0.269 e. The molecular formula is C18H20N8O. The second-order valence-corrected chi connectivity index (χ2v) is 7.29. The van der Waals surface area contributed by atoms with Crippen LogP contribution in [0.15, 0.2) is 24.5 Å². The minimum Gasteiger partial charge on any atom is -0.383 e. The van der Waals surface area contributed by atoms with Gasteiger partial charge in [0.05, 0.1) is 16.6 Å². The van der Waals surface area contributed by atoms with E-state index in [1.807, 2.05) is 37.6 Å². The predicted octanol–water partition coefficient (Wildman–Crippen LogP) is 2.07. The minimum atomic E-state index is -0.284. The van der Waals surface area contributed by atoms with Crippen LogP contribution in [0.3, 0.4) is 0 Å². The van der Waals surface area contributed by atoms with E-state index in [9.17, 15) is 4.79 Å². The molecule has 4 heterocycles. The molecule has 27 heavy (non-hydrogen) atoms. The van der Waals surface area contributed by atoms with Gasteiger partial charge >= 0.3 is 0 Å². The SMILES string of the molecule is CNC(=O)c1ccc2cc(-c3nn(C(C)(C)C)c4ncnc(N)c34)[nH]c2n1. The standard InChI is InChI=1S/C18H20N8O/c1-18(2,3)26-16-12(14(19)21-8-22-16)13(25-26)11-7-9-5-6-10(17(27)20-4)23-15(9)24-11/h5-8H,1-4H3,(H,20,27)(H,23,24)(H2,19,21,22). The van der Waals surface area contributed by atoms with Crippen molar-refractivity contribution in [2.75, 3.05) is 12.8 Å². The maximum absolute atomic E-state index is 11.8. The lowest BCUT2D eigenvalue weighted by molar-refractivity contribution is 0.0958. The normalized spacial score (nSPS) is 12.0. The molecule has 0 unspecified atom stereocenters. The maximum atomic E-state index is 11.8. The Morgan fingerprint density at radius 2 is 2.04 bits per heavy atom. The summed E-state index contributed by atoms with van der Waals surface area (Å²) < 4.78 is 1.84. The highest BCUT2D eigenvalue weighted by Gasteiger charge is 2.24. The molecule has 0 aliphatic rings. The molecule has 4 N–H and O–H groups in total. The lowest BCUT2D eigenvalue weighted by Gasteiger charge is -2.19. The van der Waals surface area contributed by atoms with Gasteiger partial charge in [-0.3, -0.25) is 4.79 Å². The molecule has 0 aliphatic heterocycles. The van der Waals surface area contributed by atoms with Gasteiger partial charge in [0, 0.05) is 12.4 Å². The van der Waals surface area contributed by atoms with E-state index in [1.54, 1.807) is 13.1 Å². The Morgan fingerprint density at radius 1 is 1.26 bits per heavy atom. The average Bonchev–Trinajstić information content (AvgIpc) is 3.21. The van der Waals surface area contributed by atoms with Gasteiger partial charge in [0.1, 0.15) is 29.2 Å². The summed E-state index contributed by atoms with van der Waals surface area (Å²) in [5.74, 6) is 0.122. The van der Waals surface area contributed by atoms with Crippen LogP contribution in [0.4, 0.5) is 5.82 Å². The molecule has 0 spiro atoms. The van der Waals surface area contributed by atoms with E-state index in [0.717, 1.165) is 11.1 Å². The van der Waals surface area contributed by atoms with Crippen LogP contribution >= 0.6 is 0 Å². The monoisotopic (exact) mass is 364 g/mol. The number of fused-ring (bicyclic) bond motifs is 2. The third-order valence-electron chi connectivity index (χ3n) is 4.32. The van der Waals surface area contributed by atoms with Gasteiger partial charge in [-0.25, -0.2) is 19.6 Å². The van der Waals surface area contributed by atoms with Crippen molar-refractivity contribution in [1.29, 1.82) is 0 Å².